The van der Waals surface area contributed by atoms with Crippen LogP contribution in [-0.4, -0.2) is 52.9 Å². The number of rotatable bonds is 7. The summed E-state index contributed by atoms with van der Waals surface area (Å²) in [6, 6.07) is 6.73. The average Bonchev–Trinajstić information content (AvgIpc) is 3.30. The van der Waals surface area contributed by atoms with Crippen LogP contribution in [0.3, 0.4) is 0 Å². The molecule has 0 radical (unpaired) electrons. The second-order valence-corrected chi connectivity index (χ2v) is 17.1. The van der Waals surface area contributed by atoms with Gasteiger partial charge in [0.25, 0.3) is 5.56 Å². The zero-order valence-electron chi connectivity index (χ0n) is 25.9. The summed E-state index contributed by atoms with van der Waals surface area (Å²) in [5, 5.41) is 13.4. The predicted octanol–water partition coefficient (Wildman–Crippen LogP) is 2.87. The summed E-state index contributed by atoms with van der Waals surface area (Å²) in [6.45, 7) is 15.3. The van der Waals surface area contributed by atoms with Crippen molar-refractivity contribution < 1.29 is 39.0 Å². The fraction of sp³-hybridized carbons (Fsp3) is 0.406. The Morgan fingerprint density at radius 3 is 2.61 bits per heavy atom. The normalized spacial score (nSPS) is 17.4. The average molecular weight is 621 g/mol. The summed E-state index contributed by atoms with van der Waals surface area (Å²) in [6.07, 6.45) is -0.707. The molecule has 2 aliphatic rings. The van der Waals surface area contributed by atoms with E-state index in [4.69, 9.17) is 19.2 Å². The molecule has 3 aromatic rings. The summed E-state index contributed by atoms with van der Waals surface area (Å²) in [5.74, 6) is -1.36. The van der Waals surface area contributed by atoms with E-state index in [1.165, 1.54) is 5.32 Å². The van der Waals surface area contributed by atoms with Gasteiger partial charge in [0, 0.05) is 16.5 Å². The number of phenols is 1. The highest BCUT2D eigenvalue weighted by Gasteiger charge is 2.50. The number of aromatic hydroxyl groups is 1. The number of carbonyl (C=O) groups excluding carboxylic acids is 3. The Morgan fingerprint density at radius 2 is 1.95 bits per heavy atom. The van der Waals surface area contributed by atoms with Gasteiger partial charge in [-0.05, 0) is 56.6 Å². The largest absolute Gasteiger partial charge is 0.513 e. The van der Waals surface area contributed by atoms with Crippen LogP contribution < -0.4 is 16.1 Å². The van der Waals surface area contributed by atoms with Crippen LogP contribution in [0.15, 0.2) is 41.3 Å². The van der Waals surface area contributed by atoms with Crippen molar-refractivity contribution in [3.63, 3.8) is 0 Å². The second-order valence-electron chi connectivity index (χ2n) is 12.8. The fourth-order valence-corrected chi connectivity index (χ4v) is 8.03. The zero-order valence-corrected chi connectivity index (χ0v) is 26.9. The minimum absolute atomic E-state index is 0.0299. The Bertz CT molecular complexity index is 1790. The van der Waals surface area contributed by atoms with Crippen molar-refractivity contribution in [3.05, 3.63) is 63.6 Å². The van der Waals surface area contributed by atoms with E-state index in [1.54, 1.807) is 56.5 Å². The molecule has 1 amide bonds. The van der Waals surface area contributed by atoms with E-state index in [9.17, 15) is 24.3 Å². The number of hydrogen-bond acceptors (Lipinski definition) is 9. The van der Waals surface area contributed by atoms with Crippen molar-refractivity contribution in [3.8, 4) is 17.1 Å². The number of nitrogens with zero attached hydrogens (tertiary/aromatic N) is 2. The minimum atomic E-state index is -2.27. The molecule has 232 valence electrons. The van der Waals surface area contributed by atoms with Gasteiger partial charge in [-0.2, -0.15) is 4.79 Å². The van der Waals surface area contributed by atoms with E-state index in [-0.39, 0.29) is 55.0 Å². The number of fused-ring (bicyclic) bond motifs is 5. The highest BCUT2D eigenvalue weighted by molar-refractivity contribution is 6.95. The summed E-state index contributed by atoms with van der Waals surface area (Å²) in [7, 11) is -2.27. The maximum atomic E-state index is 14.0. The van der Waals surface area contributed by atoms with Crippen molar-refractivity contribution in [2.45, 2.75) is 78.0 Å². The maximum Gasteiger partial charge on any atom is 0.513 e. The number of phenolic OH excluding ortho intramolecular Hbond substituents is 1. The van der Waals surface area contributed by atoms with Crippen LogP contribution in [0.25, 0.3) is 22.3 Å². The number of pyridine rings is 2. The van der Waals surface area contributed by atoms with Gasteiger partial charge in [0.15, 0.2) is 0 Å². The van der Waals surface area contributed by atoms with Crippen LogP contribution in [0.2, 0.25) is 13.1 Å². The lowest BCUT2D eigenvalue weighted by Crippen LogP contribution is -2.88. The van der Waals surface area contributed by atoms with Crippen LogP contribution in [0.4, 0.5) is 4.79 Å². The number of primary amides is 1. The molecule has 12 heteroatoms. The van der Waals surface area contributed by atoms with Gasteiger partial charge in [-0.15, -0.1) is 6.58 Å². The summed E-state index contributed by atoms with van der Waals surface area (Å²) >= 11 is 0. The molecule has 3 N–H and O–H groups in total. The number of hydrogen-bond donors (Lipinski definition) is 2. The molecule has 2 aliphatic heterocycles. The Morgan fingerprint density at radius 1 is 1.23 bits per heavy atom. The van der Waals surface area contributed by atoms with Crippen molar-refractivity contribution in [1.82, 2.24) is 9.55 Å². The molecule has 0 bridgehead atoms. The molecule has 0 fully saturated rings. The van der Waals surface area contributed by atoms with E-state index in [2.05, 4.69) is 19.7 Å². The molecular formula is C32H38N3O8Si+. The molecule has 0 spiro atoms. The number of esters is 2. The van der Waals surface area contributed by atoms with Crippen molar-refractivity contribution in [2.24, 2.45) is 0 Å². The van der Waals surface area contributed by atoms with Crippen LogP contribution in [0, 0.1) is 0 Å². The van der Waals surface area contributed by atoms with Gasteiger partial charge in [0.05, 0.1) is 42.0 Å². The maximum absolute atomic E-state index is 14.0. The lowest BCUT2D eigenvalue weighted by molar-refractivity contribution is -0.571. The molecule has 0 saturated heterocycles. The van der Waals surface area contributed by atoms with Crippen molar-refractivity contribution in [1.29, 1.82) is 0 Å². The smallest absolute Gasteiger partial charge is 0.508 e. The lowest BCUT2D eigenvalue weighted by atomic mass is 9.85. The molecule has 1 aromatic carbocycles. The third kappa shape index (κ3) is 5.32. The molecule has 0 saturated carbocycles. The first-order chi connectivity index (χ1) is 20.6. The Labute approximate surface area is 255 Å². The number of carbonyl (C=O) groups is 3. The summed E-state index contributed by atoms with van der Waals surface area (Å²) < 4.78 is 18.1. The first kappa shape index (κ1) is 31.1. The van der Waals surface area contributed by atoms with E-state index in [0.717, 1.165) is 16.1 Å². The van der Waals surface area contributed by atoms with Crippen LogP contribution in [-0.2, 0) is 42.6 Å². The standard InChI is InChI=1S/C32H37N3O8Si/c1-8-32(42-25(37)12-13-33-30(40)43-31(3,4)5)22-15-24-26-20(16-35(24)28(38)21(22)17-41-29(32)39)27(44(6,7)9-2)19-14-18(36)10-11-23(19)34-26/h9-11,14-15,36H,2,8,12-13,16-17H2,1,3-7H3,(H,33,40)/p+1/t32-/m0/s1. The molecule has 5 rings (SSSR count). The third-order valence-corrected chi connectivity index (χ3v) is 11.0. The number of amides is 1. The number of ether oxygens (including phenoxy) is 3. The first-order valence-electron chi connectivity index (χ1n) is 14.6. The van der Waals surface area contributed by atoms with Gasteiger partial charge >= 0.3 is 18.0 Å². The van der Waals surface area contributed by atoms with Crippen LogP contribution in [0.5, 0.6) is 5.75 Å². The highest BCUT2D eigenvalue weighted by atomic mass is 28.3. The molecule has 0 unspecified atom stereocenters. The molecule has 2 aromatic heterocycles. The number of quaternary nitrogens is 1. The van der Waals surface area contributed by atoms with Crippen LogP contribution >= 0.6 is 0 Å². The number of nitrogens with two attached hydrogens (primary N) is 1. The van der Waals surface area contributed by atoms with Gasteiger partial charge in [0.2, 0.25) is 5.60 Å². The number of benzene rings is 1. The fourth-order valence-electron chi connectivity index (χ4n) is 5.96. The second kappa shape index (κ2) is 11.0. The monoisotopic (exact) mass is 620 g/mol. The topological polar surface area (TPSA) is 151 Å². The van der Waals surface area contributed by atoms with Gasteiger partial charge in [0.1, 0.15) is 26.0 Å². The zero-order chi connectivity index (χ0) is 32.2. The van der Waals surface area contributed by atoms with E-state index >= 15 is 0 Å². The lowest BCUT2D eigenvalue weighted by Gasteiger charge is -2.35. The van der Waals surface area contributed by atoms with E-state index in [0.29, 0.717) is 16.9 Å². The third-order valence-electron chi connectivity index (χ3n) is 8.15. The van der Waals surface area contributed by atoms with E-state index in [1.807, 2.05) is 5.70 Å². The predicted molar refractivity (Wildman–Crippen MR) is 165 cm³/mol. The first-order valence-corrected chi connectivity index (χ1v) is 17.7. The molecular weight excluding hydrogens is 582 g/mol. The minimum Gasteiger partial charge on any atom is -0.508 e. The highest BCUT2D eigenvalue weighted by Crippen LogP contribution is 2.41. The molecule has 4 heterocycles. The summed E-state index contributed by atoms with van der Waals surface area (Å²) in [5.41, 5.74) is 2.24. The van der Waals surface area contributed by atoms with E-state index < -0.39 is 37.3 Å². The van der Waals surface area contributed by atoms with Gasteiger partial charge < -0.3 is 23.9 Å². The van der Waals surface area contributed by atoms with Gasteiger partial charge in [-0.3, -0.25) is 9.59 Å². The Kier molecular flexibility index (Phi) is 7.79. The molecule has 1 atom stereocenters. The number of cyclic esters (lactones) is 1. The molecule has 0 aliphatic carbocycles. The van der Waals surface area contributed by atoms with Crippen LogP contribution in [0.1, 0.15) is 57.2 Å². The Hall–Kier alpha value is -4.29. The Balaban J connectivity index is 1.57. The van der Waals surface area contributed by atoms with Gasteiger partial charge in [-0.25, -0.2) is 15.1 Å². The molecule has 44 heavy (non-hydrogen) atoms. The number of aromatic nitrogens is 2. The SMILES string of the molecule is C=C[Si](C)(C)c1c2c(nc3ccc(O)cc13)-c1cc3c(c(=O)n1C2)COC(=O)[C@@]3(CC)OC(=O)CC[NH2+]C(=O)OC(C)(C)C. The van der Waals surface area contributed by atoms with Crippen molar-refractivity contribution in [2.75, 3.05) is 6.54 Å². The summed E-state index contributed by atoms with van der Waals surface area (Å²) in [4.78, 5) is 57.4. The quantitative estimate of drug-likeness (QED) is 0.181. The van der Waals surface area contributed by atoms with Crippen molar-refractivity contribution >= 4 is 42.2 Å². The molecule has 11 nitrogen and oxygen atoms in total. The van der Waals surface area contributed by atoms with Gasteiger partial charge in [-0.1, -0.05) is 25.7 Å².